The van der Waals surface area contributed by atoms with E-state index in [1.807, 2.05) is 6.07 Å². The number of anilines is 1. The van der Waals surface area contributed by atoms with Gasteiger partial charge in [-0.05, 0) is 18.6 Å². The number of hydrogen-bond donors (Lipinski definition) is 1. The van der Waals surface area contributed by atoms with E-state index < -0.39 is 0 Å². The lowest BCUT2D eigenvalue weighted by atomic mass is 9.93. The van der Waals surface area contributed by atoms with Crippen molar-refractivity contribution in [3.8, 4) is 0 Å². The summed E-state index contributed by atoms with van der Waals surface area (Å²) in [5.41, 5.74) is 2.35. The van der Waals surface area contributed by atoms with Gasteiger partial charge >= 0.3 is 0 Å². The van der Waals surface area contributed by atoms with E-state index in [4.69, 9.17) is 4.98 Å². The van der Waals surface area contributed by atoms with Crippen molar-refractivity contribution in [2.75, 3.05) is 11.9 Å². The van der Waals surface area contributed by atoms with Crippen LogP contribution in [0.15, 0.2) is 23.6 Å². The summed E-state index contributed by atoms with van der Waals surface area (Å²) in [6.07, 6.45) is 1.91. The van der Waals surface area contributed by atoms with Crippen molar-refractivity contribution in [1.82, 2.24) is 9.97 Å². The predicted octanol–water partition coefficient (Wildman–Crippen LogP) is 4.25. The highest BCUT2D eigenvalue weighted by Gasteiger charge is 2.17. The Labute approximate surface area is 125 Å². The maximum atomic E-state index is 4.73. The smallest absolute Gasteiger partial charge is 0.126 e. The first-order chi connectivity index (χ1) is 9.49. The SMILES string of the molecule is CCCNc1cccc(Cc2nc(C(C)(C)C)cs2)n1. The molecule has 1 N–H and O–H groups in total. The summed E-state index contributed by atoms with van der Waals surface area (Å²) in [5, 5.41) is 6.62. The van der Waals surface area contributed by atoms with Crippen molar-refractivity contribution in [2.24, 2.45) is 0 Å². The Balaban J connectivity index is 2.08. The van der Waals surface area contributed by atoms with Gasteiger partial charge in [-0.1, -0.05) is 33.8 Å². The first-order valence-electron chi connectivity index (χ1n) is 7.13. The Bertz CT molecular complexity index is 555. The largest absolute Gasteiger partial charge is 0.370 e. The molecule has 4 heteroatoms. The second kappa shape index (κ2) is 6.35. The van der Waals surface area contributed by atoms with Gasteiger partial charge in [-0.3, -0.25) is 0 Å². The summed E-state index contributed by atoms with van der Waals surface area (Å²) < 4.78 is 0. The molecule has 3 nitrogen and oxygen atoms in total. The molecular formula is C16H23N3S. The molecule has 0 saturated carbocycles. The molecule has 0 saturated heterocycles. The van der Waals surface area contributed by atoms with Crippen LogP contribution in [0.1, 0.15) is 50.5 Å². The lowest BCUT2D eigenvalue weighted by Gasteiger charge is -2.14. The minimum absolute atomic E-state index is 0.118. The van der Waals surface area contributed by atoms with E-state index >= 15 is 0 Å². The zero-order chi connectivity index (χ0) is 14.6. The average molecular weight is 289 g/mol. The van der Waals surface area contributed by atoms with E-state index in [0.717, 1.165) is 41.6 Å². The van der Waals surface area contributed by atoms with Crippen molar-refractivity contribution in [1.29, 1.82) is 0 Å². The fraction of sp³-hybridized carbons (Fsp3) is 0.500. The van der Waals surface area contributed by atoms with Crippen LogP contribution in [-0.2, 0) is 11.8 Å². The van der Waals surface area contributed by atoms with Crippen LogP contribution in [0.3, 0.4) is 0 Å². The summed E-state index contributed by atoms with van der Waals surface area (Å²) in [6.45, 7) is 9.69. The normalized spacial score (nSPS) is 11.6. The summed E-state index contributed by atoms with van der Waals surface area (Å²) in [7, 11) is 0. The molecule has 2 aromatic rings. The molecule has 2 rings (SSSR count). The molecule has 0 amide bonds. The van der Waals surface area contributed by atoms with Gasteiger partial charge in [0, 0.05) is 29.5 Å². The first kappa shape index (κ1) is 15.0. The van der Waals surface area contributed by atoms with Crippen LogP contribution in [0.25, 0.3) is 0 Å². The number of rotatable bonds is 5. The molecule has 20 heavy (non-hydrogen) atoms. The molecular weight excluding hydrogens is 266 g/mol. The second-order valence-corrected chi connectivity index (χ2v) is 6.94. The van der Waals surface area contributed by atoms with Gasteiger partial charge in [0.15, 0.2) is 0 Å². The third kappa shape index (κ3) is 4.04. The fourth-order valence-corrected chi connectivity index (χ4v) is 2.86. The number of thiazole rings is 1. The Kier molecular flexibility index (Phi) is 4.76. The van der Waals surface area contributed by atoms with E-state index in [1.165, 1.54) is 0 Å². The van der Waals surface area contributed by atoms with Crippen LogP contribution in [0, 0.1) is 0 Å². The van der Waals surface area contributed by atoms with Gasteiger partial charge in [0.2, 0.25) is 0 Å². The maximum absolute atomic E-state index is 4.73. The predicted molar refractivity (Wildman–Crippen MR) is 86.6 cm³/mol. The third-order valence-electron chi connectivity index (χ3n) is 3.02. The fourth-order valence-electron chi connectivity index (χ4n) is 1.82. The number of hydrogen-bond acceptors (Lipinski definition) is 4. The van der Waals surface area contributed by atoms with Crippen molar-refractivity contribution >= 4 is 17.2 Å². The topological polar surface area (TPSA) is 37.8 Å². The standard InChI is InChI=1S/C16H23N3S/c1-5-9-17-14-8-6-7-12(18-14)10-15-19-13(11-20-15)16(2,3)4/h6-8,11H,5,9-10H2,1-4H3,(H,17,18). The highest BCUT2D eigenvalue weighted by Crippen LogP contribution is 2.25. The van der Waals surface area contributed by atoms with Gasteiger partial charge < -0.3 is 5.32 Å². The van der Waals surface area contributed by atoms with Gasteiger partial charge in [0.05, 0.1) is 10.7 Å². The Morgan fingerprint density at radius 1 is 1.20 bits per heavy atom. The molecule has 0 aliphatic heterocycles. The maximum Gasteiger partial charge on any atom is 0.126 e. The summed E-state index contributed by atoms with van der Waals surface area (Å²) >= 11 is 1.72. The van der Waals surface area contributed by atoms with E-state index in [0.29, 0.717) is 0 Å². The highest BCUT2D eigenvalue weighted by molar-refractivity contribution is 7.09. The minimum Gasteiger partial charge on any atom is -0.370 e. The molecule has 0 atom stereocenters. The van der Waals surface area contributed by atoms with Crippen LogP contribution in [0.2, 0.25) is 0 Å². The van der Waals surface area contributed by atoms with Gasteiger partial charge in [-0.25, -0.2) is 9.97 Å². The zero-order valence-corrected chi connectivity index (χ0v) is 13.5. The van der Waals surface area contributed by atoms with Gasteiger partial charge in [0.25, 0.3) is 0 Å². The summed E-state index contributed by atoms with van der Waals surface area (Å²) in [4.78, 5) is 9.36. The average Bonchev–Trinajstić information content (AvgIpc) is 2.85. The number of pyridine rings is 1. The quantitative estimate of drug-likeness (QED) is 0.894. The second-order valence-electron chi connectivity index (χ2n) is 5.99. The molecule has 0 aliphatic rings. The molecule has 0 radical (unpaired) electrons. The first-order valence-corrected chi connectivity index (χ1v) is 8.01. The molecule has 0 spiro atoms. The van der Waals surface area contributed by atoms with E-state index in [1.54, 1.807) is 11.3 Å². The highest BCUT2D eigenvalue weighted by atomic mass is 32.1. The molecule has 0 bridgehead atoms. The number of aromatic nitrogens is 2. The molecule has 2 aromatic heterocycles. The lowest BCUT2D eigenvalue weighted by molar-refractivity contribution is 0.571. The number of nitrogens with zero attached hydrogens (tertiary/aromatic N) is 2. The Morgan fingerprint density at radius 2 is 2.00 bits per heavy atom. The molecule has 0 fully saturated rings. The Hall–Kier alpha value is -1.42. The van der Waals surface area contributed by atoms with Crippen molar-refractivity contribution in [3.63, 3.8) is 0 Å². The van der Waals surface area contributed by atoms with Crippen LogP contribution in [0.5, 0.6) is 0 Å². The molecule has 108 valence electrons. The molecule has 2 heterocycles. The van der Waals surface area contributed by atoms with E-state index in [9.17, 15) is 0 Å². The van der Waals surface area contributed by atoms with E-state index in [-0.39, 0.29) is 5.41 Å². The van der Waals surface area contributed by atoms with Crippen molar-refractivity contribution in [2.45, 2.75) is 46.0 Å². The van der Waals surface area contributed by atoms with Crippen molar-refractivity contribution in [3.05, 3.63) is 40.0 Å². The molecule has 0 aliphatic carbocycles. The van der Waals surface area contributed by atoms with E-state index in [2.05, 4.69) is 55.5 Å². The van der Waals surface area contributed by atoms with Gasteiger partial charge in [0.1, 0.15) is 5.82 Å². The molecule has 0 aromatic carbocycles. The lowest BCUT2D eigenvalue weighted by Crippen LogP contribution is -2.11. The van der Waals surface area contributed by atoms with Crippen LogP contribution in [-0.4, -0.2) is 16.5 Å². The van der Waals surface area contributed by atoms with Gasteiger partial charge in [-0.2, -0.15) is 0 Å². The zero-order valence-electron chi connectivity index (χ0n) is 12.7. The van der Waals surface area contributed by atoms with Crippen LogP contribution >= 0.6 is 11.3 Å². The number of nitrogens with one attached hydrogen (secondary N) is 1. The summed E-state index contributed by atoms with van der Waals surface area (Å²) in [6, 6.07) is 6.13. The van der Waals surface area contributed by atoms with Gasteiger partial charge in [-0.15, -0.1) is 11.3 Å². The van der Waals surface area contributed by atoms with Crippen LogP contribution in [0.4, 0.5) is 5.82 Å². The monoisotopic (exact) mass is 289 g/mol. The van der Waals surface area contributed by atoms with Crippen molar-refractivity contribution < 1.29 is 0 Å². The third-order valence-corrected chi connectivity index (χ3v) is 3.86. The Morgan fingerprint density at radius 3 is 2.65 bits per heavy atom. The van der Waals surface area contributed by atoms with Crippen LogP contribution < -0.4 is 5.32 Å². The molecule has 0 unspecified atom stereocenters. The summed E-state index contributed by atoms with van der Waals surface area (Å²) in [5.74, 6) is 0.956. The minimum atomic E-state index is 0.118.